The maximum atomic E-state index is 9.62. The molecule has 0 spiro atoms. The number of anilines is 1. The largest absolute Gasteiger partial charge is 0.391 e. The molecule has 1 aromatic carbocycles. The van der Waals surface area contributed by atoms with Gasteiger partial charge in [0.25, 0.3) is 0 Å². The van der Waals surface area contributed by atoms with Crippen LogP contribution < -0.4 is 10.6 Å². The summed E-state index contributed by atoms with van der Waals surface area (Å²) in [6.07, 6.45) is 1.81. The Balaban J connectivity index is 2.09. The number of hydrogen-bond acceptors (Lipinski definition) is 3. The molecule has 1 aliphatic rings. The van der Waals surface area contributed by atoms with Gasteiger partial charge in [-0.3, -0.25) is 0 Å². The van der Waals surface area contributed by atoms with E-state index in [1.165, 1.54) is 5.69 Å². The van der Waals surface area contributed by atoms with E-state index in [1.54, 1.807) is 0 Å². The maximum Gasteiger partial charge on any atom is 0.0715 e. The van der Waals surface area contributed by atoms with Gasteiger partial charge in [-0.15, -0.1) is 0 Å². The third kappa shape index (κ3) is 2.54. The minimum absolute atomic E-state index is 0.0843. The normalized spacial score (nSPS) is 23.2. The highest BCUT2D eigenvalue weighted by molar-refractivity contribution is 5.48. The molecule has 1 unspecified atom stereocenters. The highest BCUT2D eigenvalue weighted by atomic mass is 16.3. The molecule has 0 saturated carbocycles. The second-order valence-electron chi connectivity index (χ2n) is 4.62. The summed E-state index contributed by atoms with van der Waals surface area (Å²) >= 11 is 0. The lowest BCUT2D eigenvalue weighted by Crippen LogP contribution is -2.38. The third-order valence-electron chi connectivity index (χ3n) is 3.18. The topological polar surface area (TPSA) is 49.5 Å². The predicted octanol–water partition coefficient (Wildman–Crippen LogP) is 1.67. The molecule has 1 heterocycles. The molecule has 3 nitrogen and oxygen atoms in total. The number of hydrogen-bond donors (Lipinski definition) is 2. The molecule has 3 N–H and O–H groups in total. The summed E-state index contributed by atoms with van der Waals surface area (Å²) in [4.78, 5) is 2.24. The van der Waals surface area contributed by atoms with Gasteiger partial charge in [-0.05, 0) is 37.5 Å². The Kier molecular flexibility index (Phi) is 3.46. The summed E-state index contributed by atoms with van der Waals surface area (Å²) in [5.41, 5.74) is 8.15. The summed E-state index contributed by atoms with van der Waals surface area (Å²) in [6.45, 7) is 3.77. The molecular formula is C13H20N2O. The molecule has 0 amide bonds. The second-order valence-corrected chi connectivity index (χ2v) is 4.62. The molecular weight excluding hydrogens is 200 g/mol. The van der Waals surface area contributed by atoms with Gasteiger partial charge in [-0.2, -0.15) is 0 Å². The number of benzene rings is 1. The Labute approximate surface area is 96.9 Å². The molecule has 1 aliphatic heterocycles. The Hall–Kier alpha value is -1.06. The fourth-order valence-electron chi connectivity index (χ4n) is 2.18. The lowest BCUT2D eigenvalue weighted by molar-refractivity contribution is 0.154. The summed E-state index contributed by atoms with van der Waals surface area (Å²) < 4.78 is 0. The van der Waals surface area contributed by atoms with Crippen LogP contribution in [0.1, 0.15) is 31.4 Å². The number of nitrogens with two attached hydrogens (primary N) is 1. The van der Waals surface area contributed by atoms with Crippen LogP contribution in [0.2, 0.25) is 0 Å². The van der Waals surface area contributed by atoms with Crippen LogP contribution in [0, 0.1) is 0 Å². The smallest absolute Gasteiger partial charge is 0.0715 e. The maximum absolute atomic E-state index is 9.62. The van der Waals surface area contributed by atoms with Crippen LogP contribution in [-0.2, 0) is 0 Å². The first-order chi connectivity index (χ1) is 7.66. The lowest BCUT2D eigenvalue weighted by atomic mass is 10.1. The molecule has 3 heteroatoms. The van der Waals surface area contributed by atoms with E-state index in [1.807, 2.05) is 6.92 Å². The van der Waals surface area contributed by atoms with E-state index < -0.39 is 0 Å². The van der Waals surface area contributed by atoms with Gasteiger partial charge in [0.05, 0.1) is 6.10 Å². The second kappa shape index (κ2) is 4.85. The van der Waals surface area contributed by atoms with Gasteiger partial charge in [0, 0.05) is 24.8 Å². The van der Waals surface area contributed by atoms with Gasteiger partial charge in [0.15, 0.2) is 0 Å². The van der Waals surface area contributed by atoms with Crippen LogP contribution in [0.25, 0.3) is 0 Å². The van der Waals surface area contributed by atoms with Crippen LogP contribution in [0.15, 0.2) is 24.3 Å². The monoisotopic (exact) mass is 220 g/mol. The molecule has 0 aromatic heterocycles. The summed E-state index contributed by atoms with van der Waals surface area (Å²) in [5.74, 6) is 0. The van der Waals surface area contributed by atoms with Crippen LogP contribution in [0.5, 0.6) is 0 Å². The predicted molar refractivity (Wildman–Crippen MR) is 66.5 cm³/mol. The average Bonchev–Trinajstić information content (AvgIpc) is 2.29. The zero-order valence-electron chi connectivity index (χ0n) is 9.76. The minimum Gasteiger partial charge on any atom is -0.391 e. The molecule has 1 saturated heterocycles. The first-order valence-electron chi connectivity index (χ1n) is 5.95. The summed E-state index contributed by atoms with van der Waals surface area (Å²) in [7, 11) is 0. The van der Waals surface area contributed by atoms with Crippen LogP contribution in [0.3, 0.4) is 0 Å². The van der Waals surface area contributed by atoms with E-state index in [-0.39, 0.29) is 12.1 Å². The highest BCUT2D eigenvalue weighted by Gasteiger charge is 2.17. The van der Waals surface area contributed by atoms with Crippen molar-refractivity contribution in [1.82, 2.24) is 0 Å². The van der Waals surface area contributed by atoms with Crippen LogP contribution in [0.4, 0.5) is 5.69 Å². The van der Waals surface area contributed by atoms with Crippen molar-refractivity contribution in [3.63, 3.8) is 0 Å². The van der Waals surface area contributed by atoms with E-state index in [4.69, 9.17) is 5.73 Å². The lowest BCUT2D eigenvalue weighted by Gasteiger charge is -2.32. The van der Waals surface area contributed by atoms with Crippen molar-refractivity contribution in [3.05, 3.63) is 29.8 Å². The van der Waals surface area contributed by atoms with Gasteiger partial charge in [-0.1, -0.05) is 12.1 Å². The van der Waals surface area contributed by atoms with Gasteiger partial charge in [0.1, 0.15) is 0 Å². The molecule has 1 fully saturated rings. The standard InChI is InChI=1S/C13H20N2O/c1-10(14)11-4-6-12(7-5-11)15-8-2-3-13(16)9-15/h4-7,10,13,16H,2-3,8-9,14H2,1H3/t10-,13?/m1/s1. The van der Waals surface area contributed by atoms with Crippen LogP contribution in [-0.4, -0.2) is 24.3 Å². The quantitative estimate of drug-likeness (QED) is 0.797. The van der Waals surface area contributed by atoms with Gasteiger partial charge < -0.3 is 15.7 Å². The minimum atomic E-state index is -0.179. The molecule has 1 aromatic rings. The van der Waals surface area contributed by atoms with E-state index in [2.05, 4.69) is 29.2 Å². The van der Waals surface area contributed by atoms with E-state index in [9.17, 15) is 5.11 Å². The Morgan fingerprint density at radius 3 is 2.62 bits per heavy atom. The van der Waals surface area contributed by atoms with E-state index in [0.717, 1.165) is 31.5 Å². The Morgan fingerprint density at radius 2 is 2.06 bits per heavy atom. The van der Waals surface area contributed by atoms with Crippen molar-refractivity contribution < 1.29 is 5.11 Å². The molecule has 88 valence electrons. The van der Waals surface area contributed by atoms with Crippen molar-refractivity contribution in [1.29, 1.82) is 0 Å². The number of β-amino-alcohol motifs (C(OH)–C–C–N with tert-alkyl or cyclic N) is 1. The summed E-state index contributed by atoms with van der Waals surface area (Å²) in [6, 6.07) is 8.41. The van der Waals surface area contributed by atoms with Gasteiger partial charge in [0.2, 0.25) is 0 Å². The van der Waals surface area contributed by atoms with Crippen molar-refractivity contribution >= 4 is 5.69 Å². The van der Waals surface area contributed by atoms with Gasteiger partial charge in [-0.25, -0.2) is 0 Å². The zero-order valence-corrected chi connectivity index (χ0v) is 9.76. The first-order valence-corrected chi connectivity index (χ1v) is 5.95. The molecule has 2 rings (SSSR count). The molecule has 2 atom stereocenters. The van der Waals surface area contributed by atoms with Crippen molar-refractivity contribution in [2.24, 2.45) is 5.73 Å². The highest BCUT2D eigenvalue weighted by Crippen LogP contribution is 2.21. The molecule has 16 heavy (non-hydrogen) atoms. The average molecular weight is 220 g/mol. The van der Waals surface area contributed by atoms with Crippen LogP contribution >= 0.6 is 0 Å². The zero-order chi connectivity index (χ0) is 11.5. The molecule has 0 aliphatic carbocycles. The fraction of sp³-hybridized carbons (Fsp3) is 0.538. The Bertz CT molecular complexity index is 334. The number of piperidine rings is 1. The van der Waals surface area contributed by atoms with Crippen molar-refractivity contribution in [2.45, 2.75) is 31.9 Å². The van der Waals surface area contributed by atoms with E-state index in [0.29, 0.717) is 0 Å². The van der Waals surface area contributed by atoms with E-state index >= 15 is 0 Å². The number of rotatable bonds is 2. The fourth-order valence-corrected chi connectivity index (χ4v) is 2.18. The van der Waals surface area contributed by atoms with Gasteiger partial charge >= 0.3 is 0 Å². The molecule has 0 radical (unpaired) electrons. The van der Waals surface area contributed by atoms with Crippen molar-refractivity contribution in [3.8, 4) is 0 Å². The third-order valence-corrected chi connectivity index (χ3v) is 3.18. The summed E-state index contributed by atoms with van der Waals surface area (Å²) in [5, 5.41) is 9.62. The number of aliphatic hydroxyl groups is 1. The Morgan fingerprint density at radius 1 is 1.38 bits per heavy atom. The van der Waals surface area contributed by atoms with Crippen molar-refractivity contribution in [2.75, 3.05) is 18.0 Å². The number of nitrogens with zero attached hydrogens (tertiary/aromatic N) is 1. The molecule has 0 bridgehead atoms. The SMILES string of the molecule is C[C@@H](N)c1ccc(N2CCCC(O)C2)cc1. The number of aliphatic hydroxyl groups excluding tert-OH is 1. The first kappa shape index (κ1) is 11.4.